The number of piperidine rings is 1. The zero-order chi connectivity index (χ0) is 14.8. The second-order valence-corrected chi connectivity index (χ2v) is 7.11. The maximum absolute atomic E-state index is 14.2. The van der Waals surface area contributed by atoms with Gasteiger partial charge in [0.1, 0.15) is 5.82 Å². The van der Waals surface area contributed by atoms with Crippen molar-refractivity contribution in [1.29, 1.82) is 0 Å². The van der Waals surface area contributed by atoms with E-state index in [4.69, 9.17) is 0 Å². The summed E-state index contributed by atoms with van der Waals surface area (Å²) < 4.78 is 16.3. The van der Waals surface area contributed by atoms with Gasteiger partial charge in [0.05, 0.1) is 0 Å². The normalized spacial score (nSPS) is 22.2. The predicted molar refractivity (Wildman–Crippen MR) is 91.2 cm³/mol. The Hall–Kier alpha value is -0.710. The summed E-state index contributed by atoms with van der Waals surface area (Å²) in [6.45, 7) is 1.79. The number of hydrogen-bond acceptors (Lipinski definition) is 1. The van der Waals surface area contributed by atoms with Crippen molar-refractivity contribution in [3.63, 3.8) is 0 Å². The van der Waals surface area contributed by atoms with Gasteiger partial charge in [-0.2, -0.15) is 0 Å². The Bertz CT molecular complexity index is 644. The quantitative estimate of drug-likeness (QED) is 0.713. The highest BCUT2D eigenvalue weighted by atomic mass is 79.9. The highest BCUT2D eigenvalue weighted by Gasteiger charge is 2.29. The minimum atomic E-state index is -0.104. The fraction of sp³-hybridized carbons (Fsp3) is 0.294. The molecule has 1 saturated heterocycles. The van der Waals surface area contributed by atoms with Crippen LogP contribution in [0.15, 0.2) is 51.4 Å². The van der Waals surface area contributed by atoms with Crippen LogP contribution in [0.2, 0.25) is 0 Å². The Morgan fingerprint density at radius 3 is 2.57 bits per heavy atom. The van der Waals surface area contributed by atoms with E-state index >= 15 is 0 Å². The Morgan fingerprint density at radius 1 is 1.00 bits per heavy atom. The van der Waals surface area contributed by atoms with Crippen LogP contribution in [0.1, 0.15) is 29.4 Å². The zero-order valence-corrected chi connectivity index (χ0v) is 14.6. The Balaban J connectivity index is 1.98. The van der Waals surface area contributed by atoms with E-state index in [2.05, 4.69) is 55.4 Å². The minimum Gasteiger partial charge on any atom is -0.316 e. The summed E-state index contributed by atoms with van der Waals surface area (Å²) in [5.41, 5.74) is 2.08. The summed E-state index contributed by atoms with van der Waals surface area (Å²) in [5, 5.41) is 3.40. The van der Waals surface area contributed by atoms with E-state index in [9.17, 15) is 4.39 Å². The van der Waals surface area contributed by atoms with Crippen LogP contribution < -0.4 is 5.32 Å². The molecule has 4 heteroatoms. The maximum Gasteiger partial charge on any atom is 0.126 e. The first-order valence-corrected chi connectivity index (χ1v) is 8.65. The van der Waals surface area contributed by atoms with Gasteiger partial charge in [-0.05, 0) is 80.1 Å². The molecule has 1 aliphatic rings. The predicted octanol–water partition coefficient (Wildman–Crippen LogP) is 5.21. The lowest BCUT2D eigenvalue weighted by atomic mass is 9.77. The first-order valence-electron chi connectivity index (χ1n) is 7.07. The van der Waals surface area contributed by atoms with E-state index < -0.39 is 0 Å². The van der Waals surface area contributed by atoms with Crippen LogP contribution in [0.5, 0.6) is 0 Å². The van der Waals surface area contributed by atoms with E-state index in [1.54, 1.807) is 12.1 Å². The van der Waals surface area contributed by atoms with Gasteiger partial charge in [-0.3, -0.25) is 0 Å². The smallest absolute Gasteiger partial charge is 0.126 e. The molecular weight excluding hydrogens is 397 g/mol. The standard InChI is InChI=1S/C17H16Br2FN/c18-15-6-5-11(9-16(15)19)12-7-8-21-10-14(12)13-3-1-2-4-17(13)20/h1-6,9,12,14,21H,7-8,10H2. The SMILES string of the molecule is Fc1ccccc1C1CNCCC1c1ccc(Br)c(Br)c1. The molecule has 0 bridgehead atoms. The Kier molecular flexibility index (Phi) is 4.77. The van der Waals surface area contributed by atoms with Gasteiger partial charge in [-0.15, -0.1) is 0 Å². The topological polar surface area (TPSA) is 12.0 Å². The van der Waals surface area contributed by atoms with E-state index in [0.29, 0.717) is 5.92 Å². The van der Waals surface area contributed by atoms with Crippen LogP contribution in [0, 0.1) is 5.82 Å². The third-order valence-corrected chi connectivity index (χ3v) is 6.04. The molecule has 2 atom stereocenters. The monoisotopic (exact) mass is 411 g/mol. The highest BCUT2D eigenvalue weighted by molar-refractivity contribution is 9.13. The van der Waals surface area contributed by atoms with Gasteiger partial charge in [0.15, 0.2) is 0 Å². The van der Waals surface area contributed by atoms with Gasteiger partial charge in [-0.1, -0.05) is 24.3 Å². The fourth-order valence-corrected chi connectivity index (χ4v) is 3.75. The molecule has 2 unspecified atom stereocenters. The van der Waals surface area contributed by atoms with Gasteiger partial charge >= 0.3 is 0 Å². The van der Waals surface area contributed by atoms with Crippen LogP contribution >= 0.6 is 31.9 Å². The molecule has 0 aromatic heterocycles. The first kappa shape index (κ1) is 15.2. The lowest BCUT2D eigenvalue weighted by molar-refractivity contribution is 0.393. The zero-order valence-electron chi connectivity index (χ0n) is 11.5. The van der Waals surface area contributed by atoms with Crippen LogP contribution in [0.4, 0.5) is 4.39 Å². The Morgan fingerprint density at radius 2 is 1.81 bits per heavy atom. The third-order valence-electron chi connectivity index (χ3n) is 4.16. The van der Waals surface area contributed by atoms with Crippen LogP contribution in [0.3, 0.4) is 0 Å². The molecule has 21 heavy (non-hydrogen) atoms. The van der Waals surface area contributed by atoms with Crippen LogP contribution in [0.25, 0.3) is 0 Å². The molecule has 0 amide bonds. The van der Waals surface area contributed by atoms with Gasteiger partial charge in [-0.25, -0.2) is 4.39 Å². The van der Waals surface area contributed by atoms with Crippen molar-refractivity contribution < 1.29 is 4.39 Å². The van der Waals surface area contributed by atoms with E-state index in [1.165, 1.54) is 5.56 Å². The first-order chi connectivity index (χ1) is 10.2. The number of rotatable bonds is 2. The van der Waals surface area contributed by atoms with Crippen LogP contribution in [-0.4, -0.2) is 13.1 Å². The van der Waals surface area contributed by atoms with Crippen molar-refractivity contribution in [1.82, 2.24) is 5.32 Å². The Labute approximate surface area is 141 Å². The fourth-order valence-electron chi connectivity index (χ4n) is 3.10. The van der Waals surface area contributed by atoms with Gasteiger partial charge in [0.25, 0.3) is 0 Å². The molecule has 110 valence electrons. The number of hydrogen-bond donors (Lipinski definition) is 1. The van der Waals surface area contributed by atoms with E-state index in [-0.39, 0.29) is 11.7 Å². The van der Waals surface area contributed by atoms with E-state index in [0.717, 1.165) is 34.0 Å². The molecule has 2 aromatic rings. The molecule has 1 nitrogen and oxygen atoms in total. The summed E-state index contributed by atoms with van der Waals surface area (Å²) in [6.07, 6.45) is 1.02. The molecule has 0 saturated carbocycles. The molecule has 1 N–H and O–H groups in total. The van der Waals surface area contributed by atoms with Crippen molar-refractivity contribution in [3.05, 3.63) is 68.4 Å². The molecule has 1 aliphatic heterocycles. The largest absolute Gasteiger partial charge is 0.316 e. The highest BCUT2D eigenvalue weighted by Crippen LogP contribution is 2.39. The minimum absolute atomic E-state index is 0.104. The van der Waals surface area contributed by atoms with Crippen molar-refractivity contribution in [2.45, 2.75) is 18.3 Å². The number of benzene rings is 2. The molecule has 3 rings (SSSR count). The van der Waals surface area contributed by atoms with Crippen molar-refractivity contribution in [3.8, 4) is 0 Å². The van der Waals surface area contributed by atoms with Gasteiger partial charge < -0.3 is 5.32 Å². The molecule has 0 spiro atoms. The lowest BCUT2D eigenvalue weighted by Crippen LogP contribution is -2.34. The summed E-state index contributed by atoms with van der Waals surface area (Å²) in [7, 11) is 0. The van der Waals surface area contributed by atoms with Crippen molar-refractivity contribution in [2.24, 2.45) is 0 Å². The van der Waals surface area contributed by atoms with Gasteiger partial charge in [0.2, 0.25) is 0 Å². The number of halogens is 3. The summed E-state index contributed by atoms with van der Waals surface area (Å²) in [6, 6.07) is 13.5. The molecular formula is C17H16Br2FN. The molecule has 1 heterocycles. The summed E-state index contributed by atoms with van der Waals surface area (Å²) >= 11 is 7.07. The maximum atomic E-state index is 14.2. The van der Waals surface area contributed by atoms with Crippen molar-refractivity contribution >= 4 is 31.9 Å². The summed E-state index contributed by atoms with van der Waals surface area (Å²) in [5.74, 6) is 0.410. The van der Waals surface area contributed by atoms with E-state index in [1.807, 2.05) is 12.1 Å². The average Bonchev–Trinajstić information content (AvgIpc) is 2.51. The molecule has 2 aromatic carbocycles. The average molecular weight is 413 g/mol. The molecule has 0 aliphatic carbocycles. The van der Waals surface area contributed by atoms with Crippen LogP contribution in [-0.2, 0) is 0 Å². The van der Waals surface area contributed by atoms with Crippen molar-refractivity contribution in [2.75, 3.05) is 13.1 Å². The molecule has 0 radical (unpaired) electrons. The third kappa shape index (κ3) is 3.22. The molecule has 1 fully saturated rings. The van der Waals surface area contributed by atoms with Gasteiger partial charge in [0, 0.05) is 21.4 Å². The summed E-state index contributed by atoms with van der Waals surface area (Å²) in [4.78, 5) is 0. The lowest BCUT2D eigenvalue weighted by Gasteiger charge is -2.33. The second-order valence-electron chi connectivity index (χ2n) is 5.40. The second kappa shape index (κ2) is 6.59. The number of nitrogens with one attached hydrogen (secondary N) is 1.